The molecule has 5 nitrogen and oxygen atoms in total. The van der Waals surface area contributed by atoms with Crippen molar-refractivity contribution >= 4 is 11.7 Å². The number of carbonyl (C=O) groups excluding carboxylic acids is 1. The third-order valence-electron chi connectivity index (χ3n) is 5.16. The molecule has 1 aromatic heterocycles. The molecule has 126 valence electrons. The number of aromatic nitrogens is 2. The molecule has 1 heterocycles. The quantitative estimate of drug-likeness (QED) is 0.903. The maximum atomic E-state index is 12.6. The molecule has 0 unspecified atom stereocenters. The largest absolute Gasteiger partial charge is 0.336 e. The first-order valence-corrected chi connectivity index (χ1v) is 8.88. The van der Waals surface area contributed by atoms with Crippen molar-refractivity contribution in [2.24, 2.45) is 13.0 Å². The minimum atomic E-state index is -0.131. The topological polar surface area (TPSA) is 59.0 Å². The highest BCUT2D eigenvalue weighted by molar-refractivity contribution is 5.90. The van der Waals surface area contributed by atoms with Crippen LogP contribution in [0, 0.1) is 5.92 Å². The number of aryl methyl sites for hydroxylation is 2. The van der Waals surface area contributed by atoms with Crippen molar-refractivity contribution in [3.05, 3.63) is 47.5 Å². The monoisotopic (exact) mass is 324 g/mol. The highest BCUT2D eigenvalue weighted by atomic mass is 16.2. The van der Waals surface area contributed by atoms with E-state index in [1.54, 1.807) is 6.20 Å². The Morgan fingerprint density at radius 3 is 2.88 bits per heavy atom. The number of imidazole rings is 1. The van der Waals surface area contributed by atoms with E-state index in [1.807, 2.05) is 29.9 Å². The van der Waals surface area contributed by atoms with E-state index in [9.17, 15) is 4.79 Å². The SMILES string of the molecule is Cn1ccnc1[C@@H](NC(=O)Nc1cccc2c1CCCC2)C1CC1. The van der Waals surface area contributed by atoms with Gasteiger partial charge in [-0.1, -0.05) is 12.1 Å². The molecule has 1 saturated carbocycles. The van der Waals surface area contributed by atoms with E-state index in [0.717, 1.165) is 37.2 Å². The summed E-state index contributed by atoms with van der Waals surface area (Å²) in [7, 11) is 1.98. The summed E-state index contributed by atoms with van der Waals surface area (Å²) in [5, 5.41) is 6.22. The molecule has 5 heteroatoms. The van der Waals surface area contributed by atoms with Crippen LogP contribution in [0.4, 0.5) is 10.5 Å². The van der Waals surface area contributed by atoms with Crippen molar-refractivity contribution in [1.82, 2.24) is 14.9 Å². The minimum Gasteiger partial charge on any atom is -0.336 e. The molecule has 2 aliphatic rings. The lowest BCUT2D eigenvalue weighted by atomic mass is 9.90. The Morgan fingerprint density at radius 1 is 1.29 bits per heavy atom. The van der Waals surface area contributed by atoms with Gasteiger partial charge in [-0.15, -0.1) is 0 Å². The first-order valence-electron chi connectivity index (χ1n) is 8.88. The molecule has 0 radical (unpaired) electrons. The third kappa shape index (κ3) is 3.03. The number of fused-ring (bicyclic) bond motifs is 1. The van der Waals surface area contributed by atoms with Crippen molar-refractivity contribution < 1.29 is 4.79 Å². The summed E-state index contributed by atoms with van der Waals surface area (Å²) < 4.78 is 1.99. The van der Waals surface area contributed by atoms with Crippen LogP contribution in [0.3, 0.4) is 0 Å². The minimum absolute atomic E-state index is 0.00969. The predicted octanol–water partition coefficient (Wildman–Crippen LogP) is 3.57. The number of benzene rings is 1. The number of hydrogen-bond donors (Lipinski definition) is 2. The van der Waals surface area contributed by atoms with E-state index >= 15 is 0 Å². The molecule has 0 aliphatic heterocycles. The van der Waals surface area contributed by atoms with E-state index < -0.39 is 0 Å². The highest BCUT2D eigenvalue weighted by Crippen LogP contribution is 2.40. The van der Waals surface area contributed by atoms with Gasteiger partial charge in [0.1, 0.15) is 5.82 Å². The lowest BCUT2D eigenvalue weighted by Crippen LogP contribution is -2.35. The van der Waals surface area contributed by atoms with Gasteiger partial charge in [-0.25, -0.2) is 9.78 Å². The molecule has 1 fully saturated rings. The molecule has 2 amide bonds. The molecule has 1 atom stereocenters. The Morgan fingerprint density at radius 2 is 2.12 bits per heavy atom. The number of nitrogens with zero attached hydrogens (tertiary/aromatic N) is 2. The fourth-order valence-electron chi connectivity index (χ4n) is 3.70. The summed E-state index contributed by atoms with van der Waals surface area (Å²) in [6.07, 6.45) is 10.6. The van der Waals surface area contributed by atoms with Crippen LogP contribution in [-0.2, 0) is 19.9 Å². The Bertz CT molecular complexity index is 748. The van der Waals surface area contributed by atoms with E-state index in [4.69, 9.17) is 0 Å². The Labute approximate surface area is 142 Å². The molecule has 2 N–H and O–H groups in total. The van der Waals surface area contributed by atoms with Gasteiger partial charge < -0.3 is 15.2 Å². The summed E-state index contributed by atoms with van der Waals surface area (Å²) >= 11 is 0. The van der Waals surface area contributed by atoms with E-state index in [2.05, 4.69) is 21.7 Å². The van der Waals surface area contributed by atoms with Gasteiger partial charge in [0.25, 0.3) is 0 Å². The van der Waals surface area contributed by atoms with Gasteiger partial charge in [-0.05, 0) is 61.6 Å². The van der Waals surface area contributed by atoms with Gasteiger partial charge in [0.2, 0.25) is 0 Å². The van der Waals surface area contributed by atoms with Crippen LogP contribution < -0.4 is 10.6 Å². The molecular weight excluding hydrogens is 300 g/mol. The molecular formula is C19H24N4O. The second kappa shape index (κ2) is 6.30. The Kier molecular flexibility index (Phi) is 4.00. The van der Waals surface area contributed by atoms with E-state index in [-0.39, 0.29) is 12.1 Å². The number of amides is 2. The fourth-order valence-corrected chi connectivity index (χ4v) is 3.70. The number of anilines is 1. The second-order valence-corrected chi connectivity index (χ2v) is 6.96. The van der Waals surface area contributed by atoms with Gasteiger partial charge >= 0.3 is 6.03 Å². The average molecular weight is 324 g/mol. The highest BCUT2D eigenvalue weighted by Gasteiger charge is 2.35. The number of carbonyl (C=O) groups is 1. The zero-order chi connectivity index (χ0) is 16.5. The zero-order valence-electron chi connectivity index (χ0n) is 14.1. The van der Waals surface area contributed by atoms with Crippen LogP contribution in [0.5, 0.6) is 0 Å². The van der Waals surface area contributed by atoms with Crippen molar-refractivity contribution in [2.75, 3.05) is 5.32 Å². The smallest absolute Gasteiger partial charge is 0.319 e. The second-order valence-electron chi connectivity index (χ2n) is 6.96. The van der Waals surface area contributed by atoms with Gasteiger partial charge in [0.05, 0.1) is 6.04 Å². The van der Waals surface area contributed by atoms with Gasteiger partial charge in [-0.2, -0.15) is 0 Å². The van der Waals surface area contributed by atoms with Gasteiger partial charge in [-0.3, -0.25) is 0 Å². The molecule has 4 rings (SSSR count). The maximum Gasteiger partial charge on any atom is 0.319 e. The van der Waals surface area contributed by atoms with Crippen molar-refractivity contribution in [3.8, 4) is 0 Å². The summed E-state index contributed by atoms with van der Waals surface area (Å²) in [6, 6.07) is 6.09. The molecule has 2 aliphatic carbocycles. The molecule has 24 heavy (non-hydrogen) atoms. The molecule has 1 aromatic carbocycles. The van der Waals surface area contributed by atoms with Crippen molar-refractivity contribution in [2.45, 2.75) is 44.6 Å². The van der Waals surface area contributed by atoms with E-state index in [1.165, 1.54) is 24.0 Å². The summed E-state index contributed by atoms with van der Waals surface area (Å²) in [6.45, 7) is 0. The summed E-state index contributed by atoms with van der Waals surface area (Å²) in [5.74, 6) is 1.43. The van der Waals surface area contributed by atoms with Crippen LogP contribution in [0.1, 0.15) is 48.7 Å². The zero-order valence-corrected chi connectivity index (χ0v) is 14.1. The maximum absolute atomic E-state index is 12.6. The number of nitrogens with one attached hydrogen (secondary N) is 2. The normalized spacial score (nSPS) is 17.9. The average Bonchev–Trinajstić information content (AvgIpc) is 3.35. The van der Waals surface area contributed by atoms with Crippen LogP contribution in [0.2, 0.25) is 0 Å². The number of rotatable bonds is 4. The summed E-state index contributed by atoms with van der Waals surface area (Å²) in [5.41, 5.74) is 3.64. The lowest BCUT2D eigenvalue weighted by molar-refractivity contribution is 0.246. The van der Waals surface area contributed by atoms with E-state index in [0.29, 0.717) is 5.92 Å². The van der Waals surface area contributed by atoms with Gasteiger partial charge in [0, 0.05) is 25.1 Å². The standard InChI is InChI=1S/C19H24N4O/c1-23-12-11-20-18(23)17(14-9-10-14)22-19(24)21-16-8-4-6-13-5-2-3-7-15(13)16/h4,6,8,11-12,14,17H,2-3,5,7,9-10H2,1H3,(H2,21,22,24)/t17-/m0/s1. The predicted molar refractivity (Wildman–Crippen MR) is 93.9 cm³/mol. The fraction of sp³-hybridized carbons (Fsp3) is 0.474. The van der Waals surface area contributed by atoms with Crippen LogP contribution in [-0.4, -0.2) is 15.6 Å². The Balaban J connectivity index is 1.49. The van der Waals surface area contributed by atoms with Crippen molar-refractivity contribution in [3.63, 3.8) is 0 Å². The first-order chi connectivity index (χ1) is 11.7. The molecule has 0 spiro atoms. The van der Waals surface area contributed by atoms with Crippen LogP contribution in [0.25, 0.3) is 0 Å². The summed E-state index contributed by atoms with van der Waals surface area (Å²) in [4.78, 5) is 17.0. The molecule has 0 bridgehead atoms. The van der Waals surface area contributed by atoms with Crippen LogP contribution >= 0.6 is 0 Å². The van der Waals surface area contributed by atoms with Gasteiger partial charge in [0.15, 0.2) is 0 Å². The molecule has 0 saturated heterocycles. The lowest BCUT2D eigenvalue weighted by Gasteiger charge is -2.22. The number of hydrogen-bond acceptors (Lipinski definition) is 2. The van der Waals surface area contributed by atoms with Crippen LogP contribution in [0.15, 0.2) is 30.6 Å². The first kappa shape index (κ1) is 15.2. The number of urea groups is 1. The van der Waals surface area contributed by atoms with Crippen molar-refractivity contribution in [1.29, 1.82) is 0 Å². The Hall–Kier alpha value is -2.30. The third-order valence-corrected chi connectivity index (χ3v) is 5.16. The molecule has 2 aromatic rings.